The van der Waals surface area contributed by atoms with E-state index in [1.165, 1.54) is 56.9 Å². The summed E-state index contributed by atoms with van der Waals surface area (Å²) in [7, 11) is 0. The van der Waals surface area contributed by atoms with Gasteiger partial charge in [0.25, 0.3) is 0 Å². The number of rotatable bonds is 10. The third-order valence-corrected chi connectivity index (χ3v) is 3.70. The predicted molar refractivity (Wildman–Crippen MR) is 86.5 cm³/mol. The first-order valence-electron chi connectivity index (χ1n) is 8.02. The van der Waals surface area contributed by atoms with Crippen LogP contribution in [0.5, 0.6) is 0 Å². The Balaban J connectivity index is 2.05. The van der Waals surface area contributed by atoms with Crippen molar-refractivity contribution in [2.75, 3.05) is 0 Å². The molecule has 0 aliphatic carbocycles. The van der Waals surface area contributed by atoms with Crippen LogP contribution in [-0.4, -0.2) is 0 Å². The molecule has 0 nitrogen and oxygen atoms in total. The van der Waals surface area contributed by atoms with Gasteiger partial charge in [-0.15, -0.1) is 0 Å². The normalized spacial score (nSPS) is 11.8. The zero-order valence-corrected chi connectivity index (χ0v) is 12.8. The number of unbranched alkanes of at least 4 members (excludes halogenated alkanes) is 6. The van der Waals surface area contributed by atoms with Crippen LogP contribution in [-0.2, 0) is 6.42 Å². The van der Waals surface area contributed by atoms with Gasteiger partial charge in [-0.05, 0) is 31.7 Å². The topological polar surface area (TPSA) is 0 Å². The van der Waals surface area contributed by atoms with Crippen molar-refractivity contribution in [2.24, 2.45) is 0 Å². The van der Waals surface area contributed by atoms with E-state index in [9.17, 15) is 0 Å². The van der Waals surface area contributed by atoms with Crippen LogP contribution in [0.15, 0.2) is 42.0 Å². The van der Waals surface area contributed by atoms with E-state index in [2.05, 4.69) is 50.3 Å². The van der Waals surface area contributed by atoms with Gasteiger partial charge in [-0.25, -0.2) is 0 Å². The van der Waals surface area contributed by atoms with Crippen molar-refractivity contribution in [3.8, 4) is 0 Å². The van der Waals surface area contributed by atoms with Crippen molar-refractivity contribution in [3.63, 3.8) is 0 Å². The van der Waals surface area contributed by atoms with Crippen LogP contribution < -0.4 is 0 Å². The Kier molecular flexibility index (Phi) is 9.14. The molecule has 1 aromatic rings. The molecule has 0 amide bonds. The predicted octanol–water partition coefficient (Wildman–Crippen LogP) is 6.32. The molecule has 0 N–H and O–H groups in total. The maximum absolute atomic E-state index is 2.40. The van der Waals surface area contributed by atoms with Gasteiger partial charge < -0.3 is 0 Å². The molecular formula is C19H30. The van der Waals surface area contributed by atoms with E-state index in [4.69, 9.17) is 0 Å². The second-order valence-corrected chi connectivity index (χ2v) is 5.61. The molecule has 0 bridgehead atoms. The van der Waals surface area contributed by atoms with E-state index >= 15 is 0 Å². The van der Waals surface area contributed by atoms with Gasteiger partial charge in [0.1, 0.15) is 0 Å². The highest BCUT2D eigenvalue weighted by atomic mass is 14.0. The number of allylic oxidation sites excluding steroid dienone is 2. The standard InChI is InChI=1S/C19H30/c1-3-4-5-6-7-8-10-13-18(2)16-17-19-14-11-9-12-15-19/h9,11-12,14-16H,3-8,10,13,17H2,1-2H3/b18-16+. The molecule has 0 saturated heterocycles. The Labute approximate surface area is 119 Å². The number of hydrogen-bond acceptors (Lipinski definition) is 0. The lowest BCUT2D eigenvalue weighted by molar-refractivity contribution is 0.588. The van der Waals surface area contributed by atoms with E-state index in [0.29, 0.717) is 0 Å². The highest BCUT2D eigenvalue weighted by Gasteiger charge is 1.94. The second-order valence-electron chi connectivity index (χ2n) is 5.61. The van der Waals surface area contributed by atoms with Gasteiger partial charge in [0.2, 0.25) is 0 Å². The maximum atomic E-state index is 2.40. The highest BCUT2D eigenvalue weighted by molar-refractivity contribution is 5.18. The smallest absolute Gasteiger partial charge is 0.00949 e. The molecule has 0 aliphatic rings. The van der Waals surface area contributed by atoms with Gasteiger partial charge in [0.15, 0.2) is 0 Å². The van der Waals surface area contributed by atoms with Crippen molar-refractivity contribution in [3.05, 3.63) is 47.5 Å². The Hall–Kier alpha value is -1.04. The quantitative estimate of drug-likeness (QED) is 0.340. The lowest BCUT2D eigenvalue weighted by Crippen LogP contribution is -1.85. The van der Waals surface area contributed by atoms with Gasteiger partial charge >= 0.3 is 0 Å². The molecule has 0 unspecified atom stereocenters. The molecule has 0 fully saturated rings. The molecule has 1 aromatic carbocycles. The fourth-order valence-corrected chi connectivity index (χ4v) is 2.37. The molecule has 0 heterocycles. The first kappa shape index (κ1) is 16.0. The molecule has 0 radical (unpaired) electrons. The molecule has 0 spiro atoms. The molecular weight excluding hydrogens is 228 g/mol. The monoisotopic (exact) mass is 258 g/mol. The minimum atomic E-state index is 1.09. The van der Waals surface area contributed by atoms with Crippen LogP contribution in [0.2, 0.25) is 0 Å². The lowest BCUT2D eigenvalue weighted by Gasteiger charge is -2.03. The summed E-state index contributed by atoms with van der Waals surface area (Å²) in [6.07, 6.45) is 14.6. The van der Waals surface area contributed by atoms with Crippen molar-refractivity contribution in [2.45, 2.75) is 71.6 Å². The Morgan fingerprint density at radius 1 is 0.895 bits per heavy atom. The first-order valence-corrected chi connectivity index (χ1v) is 8.02. The van der Waals surface area contributed by atoms with Gasteiger partial charge in [0.05, 0.1) is 0 Å². The van der Waals surface area contributed by atoms with Crippen LogP contribution in [0.25, 0.3) is 0 Å². The van der Waals surface area contributed by atoms with E-state index in [0.717, 1.165) is 6.42 Å². The van der Waals surface area contributed by atoms with E-state index in [1.54, 1.807) is 5.57 Å². The average molecular weight is 258 g/mol. The lowest BCUT2D eigenvalue weighted by atomic mass is 10.0. The minimum Gasteiger partial charge on any atom is -0.0812 e. The van der Waals surface area contributed by atoms with Crippen molar-refractivity contribution < 1.29 is 0 Å². The molecule has 0 aromatic heterocycles. The molecule has 0 aliphatic heterocycles. The zero-order valence-electron chi connectivity index (χ0n) is 12.8. The van der Waals surface area contributed by atoms with Crippen molar-refractivity contribution >= 4 is 0 Å². The SMILES string of the molecule is CCCCCCCCC/C(C)=C/Cc1ccccc1. The molecule has 19 heavy (non-hydrogen) atoms. The second kappa shape index (κ2) is 10.8. The summed E-state index contributed by atoms with van der Waals surface area (Å²) in [6, 6.07) is 10.7. The van der Waals surface area contributed by atoms with Crippen LogP contribution in [0.4, 0.5) is 0 Å². The molecule has 106 valence electrons. The Morgan fingerprint density at radius 3 is 2.21 bits per heavy atom. The zero-order chi connectivity index (χ0) is 13.8. The third kappa shape index (κ3) is 8.64. The highest BCUT2D eigenvalue weighted by Crippen LogP contribution is 2.13. The summed E-state index contributed by atoms with van der Waals surface area (Å²) in [5.41, 5.74) is 2.97. The number of hydrogen-bond donors (Lipinski definition) is 0. The fraction of sp³-hybridized carbons (Fsp3) is 0.579. The fourth-order valence-electron chi connectivity index (χ4n) is 2.37. The van der Waals surface area contributed by atoms with Crippen LogP contribution >= 0.6 is 0 Å². The minimum absolute atomic E-state index is 1.09. The molecule has 1 rings (SSSR count). The van der Waals surface area contributed by atoms with Crippen molar-refractivity contribution in [1.82, 2.24) is 0 Å². The summed E-state index contributed by atoms with van der Waals surface area (Å²) in [4.78, 5) is 0. The summed E-state index contributed by atoms with van der Waals surface area (Å²) in [5, 5.41) is 0. The van der Waals surface area contributed by atoms with Gasteiger partial charge in [-0.3, -0.25) is 0 Å². The van der Waals surface area contributed by atoms with E-state index < -0.39 is 0 Å². The average Bonchev–Trinajstić information content (AvgIpc) is 2.45. The summed E-state index contributed by atoms with van der Waals surface area (Å²) in [6.45, 7) is 4.56. The van der Waals surface area contributed by atoms with E-state index in [-0.39, 0.29) is 0 Å². The largest absolute Gasteiger partial charge is 0.0812 e. The van der Waals surface area contributed by atoms with E-state index in [1.807, 2.05) is 0 Å². The van der Waals surface area contributed by atoms with Crippen LogP contribution in [0, 0.1) is 0 Å². The Bertz CT molecular complexity index is 334. The first-order chi connectivity index (χ1) is 9.33. The van der Waals surface area contributed by atoms with Gasteiger partial charge in [0, 0.05) is 0 Å². The summed E-state index contributed by atoms with van der Waals surface area (Å²) >= 11 is 0. The summed E-state index contributed by atoms with van der Waals surface area (Å²) < 4.78 is 0. The Morgan fingerprint density at radius 2 is 1.53 bits per heavy atom. The van der Waals surface area contributed by atoms with Gasteiger partial charge in [-0.2, -0.15) is 0 Å². The third-order valence-electron chi connectivity index (χ3n) is 3.70. The molecule has 0 saturated carbocycles. The van der Waals surface area contributed by atoms with Gasteiger partial charge in [-0.1, -0.05) is 87.4 Å². The van der Waals surface area contributed by atoms with Crippen LogP contribution in [0.1, 0.15) is 70.8 Å². The van der Waals surface area contributed by atoms with Crippen LogP contribution in [0.3, 0.4) is 0 Å². The number of benzene rings is 1. The maximum Gasteiger partial charge on any atom is -0.00949 e. The molecule has 0 heteroatoms. The molecule has 0 atom stereocenters. The van der Waals surface area contributed by atoms with Crippen molar-refractivity contribution in [1.29, 1.82) is 0 Å². The summed E-state index contributed by atoms with van der Waals surface area (Å²) in [5.74, 6) is 0.